The molecule has 2 aromatic heterocycles. The van der Waals surface area contributed by atoms with Gasteiger partial charge in [0, 0.05) is 35.9 Å². The molecule has 2 aliphatic rings. The van der Waals surface area contributed by atoms with Crippen LogP contribution in [0, 0.1) is 0 Å². The molecule has 0 spiro atoms. The molecule has 165 valence electrons. The average Bonchev–Trinajstić information content (AvgIpc) is 3.52. The number of hydrogen-bond donors (Lipinski definition) is 2. The van der Waals surface area contributed by atoms with Crippen molar-refractivity contribution in [2.75, 3.05) is 0 Å². The Morgan fingerprint density at radius 2 is 1.18 bits per heavy atom. The van der Waals surface area contributed by atoms with E-state index in [0.29, 0.717) is 11.6 Å². The summed E-state index contributed by atoms with van der Waals surface area (Å²) >= 11 is 0. The summed E-state index contributed by atoms with van der Waals surface area (Å²) in [5.74, 6) is 0.486. The van der Waals surface area contributed by atoms with E-state index in [1.165, 1.54) is 24.5 Å². The van der Waals surface area contributed by atoms with Crippen LogP contribution < -0.4 is 10.2 Å². The van der Waals surface area contributed by atoms with Gasteiger partial charge in [-0.15, -0.1) is 0 Å². The van der Waals surface area contributed by atoms with E-state index >= 15 is 0 Å². The van der Waals surface area contributed by atoms with Crippen LogP contribution in [0.4, 0.5) is 0 Å². The van der Waals surface area contributed by atoms with E-state index < -0.39 is 23.8 Å². The second kappa shape index (κ2) is 11.4. The van der Waals surface area contributed by atoms with E-state index in [1.807, 2.05) is 0 Å². The molecule has 11 heteroatoms. The molecule has 2 N–H and O–H groups in total. The minimum atomic E-state index is -1.39. The molecule has 2 unspecified atom stereocenters. The molecular formula is C22H14MnN4O6. The van der Waals surface area contributed by atoms with Crippen LogP contribution in [0.1, 0.15) is 23.5 Å². The summed E-state index contributed by atoms with van der Waals surface area (Å²) in [6.07, 6.45) is 15.3. The molecule has 0 saturated carbocycles. The minimum Gasteiger partial charge on any atom is -0.545 e. The number of aliphatic carboxylic acids is 2. The molecule has 1 radical (unpaired) electrons. The zero-order chi connectivity index (χ0) is 23.1. The molecule has 0 bridgehead atoms. The van der Waals surface area contributed by atoms with Crippen LogP contribution in [0.3, 0.4) is 0 Å². The van der Waals surface area contributed by atoms with Gasteiger partial charge >= 0.3 is 17.1 Å². The number of carboxylic acids is 2. The first-order valence-electron chi connectivity index (χ1n) is 9.16. The molecule has 4 rings (SSSR count). The van der Waals surface area contributed by atoms with Gasteiger partial charge in [0.15, 0.2) is 0 Å². The molecule has 0 fully saturated rings. The van der Waals surface area contributed by atoms with Crippen molar-refractivity contribution < 1.29 is 46.5 Å². The van der Waals surface area contributed by atoms with Gasteiger partial charge in [-0.25, -0.2) is 19.6 Å². The Morgan fingerprint density at radius 1 is 0.788 bits per heavy atom. The second-order valence-corrected chi connectivity index (χ2v) is 6.44. The zero-order valence-electron chi connectivity index (χ0n) is 16.7. The number of rotatable bonds is 4. The number of nitrogens with one attached hydrogen (secondary N) is 2. The van der Waals surface area contributed by atoms with Gasteiger partial charge in [-0.2, -0.15) is 0 Å². The van der Waals surface area contributed by atoms with Crippen LogP contribution in [0.2, 0.25) is 0 Å². The smallest absolute Gasteiger partial charge is 0.545 e. The number of hydrogen-bond acceptors (Lipinski definition) is 8. The number of carbonyl (C=O) groups excluding carboxylic acids is 4. The van der Waals surface area contributed by atoms with Crippen molar-refractivity contribution in [3.8, 4) is 0 Å². The Kier molecular flexibility index (Phi) is 8.63. The van der Waals surface area contributed by atoms with E-state index in [1.54, 1.807) is 48.6 Å². The second-order valence-electron chi connectivity index (χ2n) is 6.44. The van der Waals surface area contributed by atoms with Gasteiger partial charge < -0.3 is 29.8 Å². The molecule has 0 amide bonds. The third-order valence-electron chi connectivity index (χ3n) is 4.62. The van der Waals surface area contributed by atoms with Crippen LogP contribution in [-0.2, 0) is 36.2 Å². The summed E-state index contributed by atoms with van der Waals surface area (Å²) in [7, 11) is 0. The Bertz CT molecular complexity index is 1140. The molecule has 2 aromatic rings. The number of carbonyl (C=O) groups is 2. The number of aromatic amines is 2. The van der Waals surface area contributed by atoms with Crippen molar-refractivity contribution in [3.05, 3.63) is 95.2 Å². The number of nitrogens with zero attached hydrogens (tertiary/aromatic N) is 2. The fourth-order valence-electron chi connectivity index (χ4n) is 3.18. The Morgan fingerprint density at radius 3 is 1.45 bits per heavy atom. The zero-order valence-corrected chi connectivity index (χ0v) is 17.8. The van der Waals surface area contributed by atoms with Gasteiger partial charge in [0.25, 0.3) is 0 Å². The maximum atomic E-state index is 10.8. The normalized spacial score (nSPS) is 18.5. The topological polar surface area (TPSA) is 172 Å². The Balaban J connectivity index is 0.000000227. The van der Waals surface area contributed by atoms with Crippen molar-refractivity contribution in [2.45, 2.75) is 11.8 Å². The molecule has 10 nitrogen and oxygen atoms in total. The number of aromatic nitrogens is 4. The maximum absolute atomic E-state index is 10.8. The summed E-state index contributed by atoms with van der Waals surface area (Å²) in [6.45, 7) is 0. The standard InChI is InChI=1S/2C11H8N2O3.Mn/c2*14-6-9-7(10-12-4-5-13-10)2-1-3-8(9)11(15)16;/h2*1-5,7H,(H,12,13)(H,15,16);/q;;+2/p-2. The summed E-state index contributed by atoms with van der Waals surface area (Å²) in [5.41, 5.74) is -0.257. The van der Waals surface area contributed by atoms with Gasteiger partial charge in [0.05, 0.1) is 34.9 Å². The molecule has 0 aliphatic heterocycles. The van der Waals surface area contributed by atoms with Crippen LogP contribution in [0.15, 0.2) is 83.5 Å². The van der Waals surface area contributed by atoms with Gasteiger partial charge in [-0.05, 0) is 0 Å². The van der Waals surface area contributed by atoms with Gasteiger partial charge in [0.2, 0.25) is 0 Å². The molecular weight excluding hydrogens is 471 g/mol. The van der Waals surface area contributed by atoms with Crippen LogP contribution in [0.5, 0.6) is 0 Å². The predicted molar refractivity (Wildman–Crippen MR) is 106 cm³/mol. The van der Waals surface area contributed by atoms with Crippen molar-refractivity contribution in [1.29, 1.82) is 0 Å². The van der Waals surface area contributed by atoms with E-state index in [9.17, 15) is 29.4 Å². The van der Waals surface area contributed by atoms with Gasteiger partial charge in [-0.1, -0.05) is 36.5 Å². The van der Waals surface area contributed by atoms with Crippen LogP contribution in [0.25, 0.3) is 0 Å². The van der Waals surface area contributed by atoms with Crippen LogP contribution in [-0.4, -0.2) is 43.8 Å². The third-order valence-corrected chi connectivity index (χ3v) is 4.62. The third kappa shape index (κ3) is 5.51. The van der Waals surface area contributed by atoms with Gasteiger partial charge in [-0.3, -0.25) is 0 Å². The van der Waals surface area contributed by atoms with Crippen molar-refractivity contribution in [2.24, 2.45) is 0 Å². The molecule has 33 heavy (non-hydrogen) atoms. The van der Waals surface area contributed by atoms with Crippen LogP contribution >= 0.6 is 0 Å². The van der Waals surface area contributed by atoms with E-state index in [0.717, 1.165) is 0 Å². The maximum Gasteiger partial charge on any atom is 2.00 e. The van der Waals surface area contributed by atoms with Gasteiger partial charge in [0.1, 0.15) is 23.5 Å². The van der Waals surface area contributed by atoms with Crippen molar-refractivity contribution in [1.82, 2.24) is 19.9 Å². The quantitative estimate of drug-likeness (QED) is 0.410. The average molecular weight is 485 g/mol. The molecule has 0 aromatic carbocycles. The fraction of sp³-hybridized carbons (Fsp3) is 0.0909. The first-order chi connectivity index (χ1) is 15.5. The van der Waals surface area contributed by atoms with Crippen molar-refractivity contribution in [3.63, 3.8) is 0 Å². The van der Waals surface area contributed by atoms with E-state index in [4.69, 9.17) is 0 Å². The monoisotopic (exact) mass is 485 g/mol. The fourth-order valence-corrected chi connectivity index (χ4v) is 3.18. The summed E-state index contributed by atoms with van der Waals surface area (Å²) < 4.78 is 0. The number of carboxylic acid groups (broad SMARTS) is 2. The number of allylic oxidation sites excluding steroid dienone is 6. The summed E-state index contributed by atoms with van der Waals surface area (Å²) in [5, 5.41) is 21.6. The summed E-state index contributed by atoms with van der Waals surface area (Å²) in [6, 6.07) is 0. The van der Waals surface area contributed by atoms with E-state index in [-0.39, 0.29) is 39.4 Å². The Hall–Kier alpha value is -4.26. The largest absolute Gasteiger partial charge is 2.00 e. The minimum absolute atomic E-state index is 0. The van der Waals surface area contributed by atoms with Crippen molar-refractivity contribution >= 4 is 23.8 Å². The summed E-state index contributed by atoms with van der Waals surface area (Å²) in [4.78, 5) is 56.8. The number of H-pyrrole nitrogens is 2. The Labute approximate surface area is 197 Å². The molecule has 2 aliphatic carbocycles. The predicted octanol–water partition coefficient (Wildman–Crippen LogP) is -1.01. The first kappa shape index (κ1) is 25.0. The first-order valence-corrected chi connectivity index (χ1v) is 9.16. The molecule has 0 saturated heterocycles. The molecule has 2 atom stereocenters. The van der Waals surface area contributed by atoms with E-state index in [2.05, 4.69) is 19.9 Å². The number of imidazole rings is 2. The molecule has 2 heterocycles. The SMILES string of the molecule is O=C=C1C(C(=O)[O-])=CC=CC1c1ncc[nH]1.O=C=C1C(C(=O)[O-])=CC=CC1c1ncc[nH]1.[Mn+2].